The molecule has 5 N–H and O–H groups in total. The number of likely N-dealkylation sites (tertiary alicyclic amines) is 2. The zero-order chi connectivity index (χ0) is 35.7. The van der Waals surface area contributed by atoms with Gasteiger partial charge in [0.15, 0.2) is 0 Å². The summed E-state index contributed by atoms with van der Waals surface area (Å²) in [5.41, 5.74) is 1.37. The molecule has 2 aromatic rings. The summed E-state index contributed by atoms with van der Waals surface area (Å²) in [6.45, 7) is 5.53. The second-order valence-electron chi connectivity index (χ2n) is 13.0. The molecule has 0 aromatic heterocycles. The van der Waals surface area contributed by atoms with Crippen LogP contribution in [0.3, 0.4) is 0 Å². The molecule has 49 heavy (non-hydrogen) atoms. The van der Waals surface area contributed by atoms with Crippen LogP contribution in [0.15, 0.2) is 60.7 Å². The van der Waals surface area contributed by atoms with E-state index in [0.29, 0.717) is 25.7 Å². The molecule has 2 aliphatic rings. The van der Waals surface area contributed by atoms with Crippen LogP contribution >= 0.6 is 0 Å². The Bertz CT molecular complexity index is 1530. The smallest absolute Gasteiger partial charge is 0.326 e. The SMILES string of the molecule is CC(C)[C@H](NC(=O)C(=N)Cc1ccccc1)C(=O)N[C@@H](C)C(=O)N1CCC[C@H]1C(=O)N[C@@H](Cc1ccccc1)C(=O)N1CCCC1C(=O)O. The number of hydrogen-bond acceptors (Lipinski definition) is 7. The first-order chi connectivity index (χ1) is 23.4. The van der Waals surface area contributed by atoms with Gasteiger partial charge in [0.05, 0.1) is 0 Å². The number of nitrogens with one attached hydrogen (secondary N) is 4. The van der Waals surface area contributed by atoms with Crippen LogP contribution in [0, 0.1) is 11.3 Å². The lowest BCUT2D eigenvalue weighted by atomic mass is 10.0. The third-order valence-corrected chi connectivity index (χ3v) is 9.02. The summed E-state index contributed by atoms with van der Waals surface area (Å²) < 4.78 is 0. The van der Waals surface area contributed by atoms with E-state index in [0.717, 1.165) is 11.1 Å². The third-order valence-electron chi connectivity index (χ3n) is 9.02. The Morgan fingerprint density at radius 1 is 0.776 bits per heavy atom. The lowest BCUT2D eigenvalue weighted by Gasteiger charge is -2.31. The number of carboxylic acids is 1. The molecule has 5 amide bonds. The number of amides is 5. The van der Waals surface area contributed by atoms with Gasteiger partial charge in [-0.2, -0.15) is 0 Å². The van der Waals surface area contributed by atoms with Crippen LogP contribution < -0.4 is 16.0 Å². The predicted molar refractivity (Wildman–Crippen MR) is 181 cm³/mol. The predicted octanol–water partition coefficient (Wildman–Crippen LogP) is 1.69. The second kappa shape index (κ2) is 16.8. The largest absolute Gasteiger partial charge is 0.480 e. The molecule has 1 unspecified atom stereocenters. The molecule has 0 aliphatic carbocycles. The van der Waals surface area contributed by atoms with Crippen molar-refractivity contribution < 1.29 is 33.9 Å². The number of aliphatic carboxylic acids is 1. The second-order valence-corrected chi connectivity index (χ2v) is 13.0. The molecule has 0 radical (unpaired) electrons. The molecular formula is C36H46N6O7. The van der Waals surface area contributed by atoms with E-state index in [1.807, 2.05) is 48.5 Å². The van der Waals surface area contributed by atoms with Crippen LogP contribution in [0.5, 0.6) is 0 Å². The van der Waals surface area contributed by atoms with Gasteiger partial charge in [-0.1, -0.05) is 74.5 Å². The van der Waals surface area contributed by atoms with E-state index < -0.39 is 65.7 Å². The molecule has 2 saturated heterocycles. The summed E-state index contributed by atoms with van der Waals surface area (Å²) in [6.07, 6.45) is 2.00. The van der Waals surface area contributed by atoms with Crippen LogP contribution in [0.1, 0.15) is 57.6 Å². The first-order valence-electron chi connectivity index (χ1n) is 16.8. The van der Waals surface area contributed by atoms with Crippen LogP contribution in [0.4, 0.5) is 0 Å². The minimum absolute atomic E-state index is 0.0996. The van der Waals surface area contributed by atoms with Crippen LogP contribution in [-0.2, 0) is 41.6 Å². The lowest BCUT2D eigenvalue weighted by Crippen LogP contribution is -2.59. The lowest BCUT2D eigenvalue weighted by molar-refractivity contribution is -0.149. The van der Waals surface area contributed by atoms with E-state index in [2.05, 4.69) is 16.0 Å². The number of carbonyl (C=O) groups is 6. The van der Waals surface area contributed by atoms with Gasteiger partial charge in [0.2, 0.25) is 23.6 Å². The van der Waals surface area contributed by atoms with Crippen molar-refractivity contribution in [3.05, 3.63) is 71.8 Å². The van der Waals surface area contributed by atoms with E-state index in [4.69, 9.17) is 5.41 Å². The van der Waals surface area contributed by atoms with Crippen molar-refractivity contribution in [1.82, 2.24) is 25.8 Å². The van der Waals surface area contributed by atoms with Crippen molar-refractivity contribution in [3.63, 3.8) is 0 Å². The first kappa shape index (κ1) is 36.8. The summed E-state index contributed by atoms with van der Waals surface area (Å²) in [6, 6.07) is 13.2. The first-order valence-corrected chi connectivity index (χ1v) is 16.8. The number of hydrogen-bond donors (Lipinski definition) is 5. The van der Waals surface area contributed by atoms with Crippen molar-refractivity contribution in [2.45, 2.75) is 89.5 Å². The number of carbonyl (C=O) groups excluding carboxylic acids is 5. The normalized spacial score (nSPS) is 19.1. The highest BCUT2D eigenvalue weighted by molar-refractivity contribution is 6.38. The van der Waals surface area contributed by atoms with Crippen LogP contribution in [-0.4, -0.2) is 99.4 Å². The Balaban J connectivity index is 1.40. The van der Waals surface area contributed by atoms with E-state index in [9.17, 15) is 33.9 Å². The maximum absolute atomic E-state index is 13.7. The third kappa shape index (κ3) is 9.52. The molecule has 13 heteroatoms. The van der Waals surface area contributed by atoms with Gasteiger partial charge >= 0.3 is 5.97 Å². The standard InChI is InChI=1S/C36H46N6O7/c1-22(2)30(40-31(43)26(37)20-24-12-6-4-7-13-24)33(45)38-23(3)34(46)41-18-10-16-28(41)32(44)39-27(21-25-14-8-5-9-15-25)35(47)42-19-11-17-29(42)36(48)49/h4-9,12-15,22-23,27-30,37H,10-11,16-21H2,1-3H3,(H,38,45)(H,39,44)(H,40,43)(H,48,49)/t23-,27-,28-,29?,30-/m0/s1. The Kier molecular flexibility index (Phi) is 12.6. The minimum Gasteiger partial charge on any atom is -0.480 e. The average molecular weight is 675 g/mol. The van der Waals surface area contributed by atoms with Gasteiger partial charge in [-0.25, -0.2) is 4.79 Å². The number of benzene rings is 2. The molecule has 0 bridgehead atoms. The summed E-state index contributed by atoms with van der Waals surface area (Å²) >= 11 is 0. The minimum atomic E-state index is -1.09. The molecule has 2 fully saturated rings. The molecule has 262 valence electrons. The Hall–Kier alpha value is -5.07. The fourth-order valence-electron chi connectivity index (χ4n) is 6.37. The fraction of sp³-hybridized carbons (Fsp3) is 0.472. The molecule has 5 atom stereocenters. The Morgan fingerprint density at radius 2 is 1.33 bits per heavy atom. The van der Waals surface area contributed by atoms with Crippen LogP contribution in [0.2, 0.25) is 0 Å². The molecule has 2 aromatic carbocycles. The van der Waals surface area contributed by atoms with E-state index in [1.165, 1.54) is 16.7 Å². The van der Waals surface area contributed by atoms with E-state index in [-0.39, 0.29) is 37.6 Å². The topological polar surface area (TPSA) is 189 Å². The summed E-state index contributed by atoms with van der Waals surface area (Å²) in [7, 11) is 0. The van der Waals surface area contributed by atoms with Gasteiger partial charge in [0, 0.05) is 25.9 Å². The van der Waals surface area contributed by atoms with Crippen molar-refractivity contribution in [2.24, 2.45) is 5.92 Å². The maximum atomic E-state index is 13.7. The van der Waals surface area contributed by atoms with Crippen LogP contribution in [0.25, 0.3) is 0 Å². The molecular weight excluding hydrogens is 628 g/mol. The molecule has 4 rings (SSSR count). The van der Waals surface area contributed by atoms with Crippen molar-refractivity contribution in [2.75, 3.05) is 13.1 Å². The summed E-state index contributed by atoms with van der Waals surface area (Å²) in [5.74, 6) is -4.24. The summed E-state index contributed by atoms with van der Waals surface area (Å²) in [4.78, 5) is 81.6. The molecule has 2 aliphatic heterocycles. The van der Waals surface area contributed by atoms with Gasteiger partial charge in [-0.15, -0.1) is 0 Å². The Labute approximate surface area is 286 Å². The average Bonchev–Trinajstić information content (AvgIpc) is 3.78. The highest BCUT2D eigenvalue weighted by Crippen LogP contribution is 2.22. The quantitative estimate of drug-likeness (QED) is 0.189. The molecule has 2 heterocycles. The monoisotopic (exact) mass is 674 g/mol. The fourth-order valence-corrected chi connectivity index (χ4v) is 6.37. The van der Waals surface area contributed by atoms with Crippen molar-refractivity contribution in [1.29, 1.82) is 5.41 Å². The number of rotatable bonds is 14. The Morgan fingerprint density at radius 3 is 1.90 bits per heavy atom. The van der Waals surface area contributed by atoms with Gasteiger partial charge < -0.3 is 30.9 Å². The maximum Gasteiger partial charge on any atom is 0.326 e. The zero-order valence-electron chi connectivity index (χ0n) is 28.2. The number of nitrogens with zero attached hydrogens (tertiary/aromatic N) is 2. The molecule has 0 spiro atoms. The van der Waals surface area contributed by atoms with Crippen molar-refractivity contribution >= 4 is 41.2 Å². The zero-order valence-corrected chi connectivity index (χ0v) is 28.2. The highest BCUT2D eigenvalue weighted by atomic mass is 16.4. The number of carboxylic acid groups (broad SMARTS) is 1. The van der Waals surface area contributed by atoms with Gasteiger partial charge in [-0.3, -0.25) is 29.4 Å². The van der Waals surface area contributed by atoms with E-state index >= 15 is 0 Å². The highest BCUT2D eigenvalue weighted by Gasteiger charge is 2.41. The van der Waals surface area contributed by atoms with Gasteiger partial charge in [0.25, 0.3) is 5.91 Å². The molecule has 0 saturated carbocycles. The molecule has 13 nitrogen and oxygen atoms in total. The van der Waals surface area contributed by atoms with Gasteiger partial charge in [-0.05, 0) is 49.7 Å². The van der Waals surface area contributed by atoms with Crippen molar-refractivity contribution in [3.8, 4) is 0 Å². The van der Waals surface area contributed by atoms with Gasteiger partial charge in [0.1, 0.15) is 35.9 Å². The van der Waals surface area contributed by atoms with E-state index in [1.54, 1.807) is 26.0 Å². The summed E-state index contributed by atoms with van der Waals surface area (Å²) in [5, 5.41) is 26.0.